The number of rotatable bonds is 1. The van der Waals surface area contributed by atoms with Gasteiger partial charge in [0, 0.05) is 0 Å². The maximum absolute atomic E-state index is 9.13. The summed E-state index contributed by atoms with van der Waals surface area (Å²) < 4.78 is 0. The van der Waals surface area contributed by atoms with Crippen LogP contribution >= 0.6 is 0 Å². The molecule has 0 atom stereocenters. The third-order valence-corrected chi connectivity index (χ3v) is 1.61. The van der Waals surface area contributed by atoms with Gasteiger partial charge in [0.1, 0.15) is 5.75 Å². The zero-order valence-electron chi connectivity index (χ0n) is 6.83. The second-order valence-electron chi connectivity index (χ2n) is 2.54. The smallest absolute Gasteiger partial charge is 0.116 e. The topological polar surface area (TPSA) is 20.2 Å². The lowest BCUT2D eigenvalue weighted by molar-refractivity contribution is 0.475. The van der Waals surface area contributed by atoms with Crippen LogP contribution in [0.4, 0.5) is 0 Å². The van der Waals surface area contributed by atoms with E-state index in [9.17, 15) is 0 Å². The van der Waals surface area contributed by atoms with Crippen molar-refractivity contribution in [2.75, 3.05) is 0 Å². The summed E-state index contributed by atoms with van der Waals surface area (Å²) in [5.41, 5.74) is 2.26. The first-order valence-electron chi connectivity index (χ1n) is 3.66. The molecule has 0 amide bonds. The Balaban J connectivity index is 3.12. The van der Waals surface area contributed by atoms with Gasteiger partial charge in [0.15, 0.2) is 0 Å². The zero-order chi connectivity index (χ0) is 8.27. The van der Waals surface area contributed by atoms with Crippen molar-refractivity contribution < 1.29 is 5.11 Å². The van der Waals surface area contributed by atoms with Crippen molar-refractivity contribution in [3.05, 3.63) is 35.4 Å². The van der Waals surface area contributed by atoms with Gasteiger partial charge < -0.3 is 5.11 Å². The van der Waals surface area contributed by atoms with Crippen LogP contribution in [0.1, 0.15) is 18.1 Å². The standard InChI is InChI=1S/C10H12O/c1-3-4-9-7-10(11)6-5-8(9)2/h3-7,11H,1-2H3. The van der Waals surface area contributed by atoms with Crippen LogP contribution in [0.5, 0.6) is 5.75 Å². The summed E-state index contributed by atoms with van der Waals surface area (Å²) in [5, 5.41) is 9.13. The summed E-state index contributed by atoms with van der Waals surface area (Å²) >= 11 is 0. The van der Waals surface area contributed by atoms with Gasteiger partial charge in [0.2, 0.25) is 0 Å². The van der Waals surface area contributed by atoms with Crippen molar-refractivity contribution in [2.24, 2.45) is 0 Å². The maximum atomic E-state index is 9.13. The number of benzene rings is 1. The van der Waals surface area contributed by atoms with E-state index < -0.39 is 0 Å². The predicted octanol–water partition coefficient (Wildman–Crippen LogP) is 2.73. The zero-order valence-corrected chi connectivity index (χ0v) is 6.83. The first-order valence-corrected chi connectivity index (χ1v) is 3.66. The van der Waals surface area contributed by atoms with Gasteiger partial charge in [-0.05, 0) is 37.1 Å². The molecule has 1 aromatic carbocycles. The van der Waals surface area contributed by atoms with Crippen LogP contribution in [-0.4, -0.2) is 5.11 Å². The van der Waals surface area contributed by atoms with Crippen LogP contribution in [0.25, 0.3) is 6.08 Å². The van der Waals surface area contributed by atoms with E-state index in [0.29, 0.717) is 5.75 Å². The summed E-state index contributed by atoms with van der Waals surface area (Å²) in [6.07, 6.45) is 3.94. The molecular formula is C10H12O. The largest absolute Gasteiger partial charge is 0.508 e. The Bertz CT molecular complexity index is 274. The monoisotopic (exact) mass is 148 g/mol. The Kier molecular flexibility index (Phi) is 2.32. The molecule has 0 spiro atoms. The highest BCUT2D eigenvalue weighted by atomic mass is 16.3. The quantitative estimate of drug-likeness (QED) is 0.649. The Morgan fingerprint density at radius 2 is 2.09 bits per heavy atom. The molecule has 0 saturated carbocycles. The molecule has 0 unspecified atom stereocenters. The number of phenolic OH excluding ortho intramolecular Hbond substituents is 1. The molecule has 0 heterocycles. The Morgan fingerprint density at radius 3 is 2.73 bits per heavy atom. The van der Waals surface area contributed by atoms with Gasteiger partial charge in [-0.3, -0.25) is 0 Å². The molecule has 0 aliphatic rings. The SMILES string of the molecule is CC=Cc1cc(O)ccc1C. The maximum Gasteiger partial charge on any atom is 0.116 e. The second-order valence-corrected chi connectivity index (χ2v) is 2.54. The third-order valence-electron chi connectivity index (χ3n) is 1.61. The molecule has 11 heavy (non-hydrogen) atoms. The average molecular weight is 148 g/mol. The lowest BCUT2D eigenvalue weighted by atomic mass is 10.1. The fourth-order valence-electron chi connectivity index (χ4n) is 0.987. The summed E-state index contributed by atoms with van der Waals surface area (Å²) in [6.45, 7) is 3.98. The van der Waals surface area contributed by atoms with Crippen LogP contribution in [-0.2, 0) is 0 Å². The van der Waals surface area contributed by atoms with E-state index >= 15 is 0 Å². The van der Waals surface area contributed by atoms with E-state index in [-0.39, 0.29) is 0 Å². The molecule has 0 saturated heterocycles. The molecule has 0 aliphatic heterocycles. The number of phenols is 1. The number of allylic oxidation sites excluding steroid dienone is 1. The van der Waals surface area contributed by atoms with E-state index in [4.69, 9.17) is 5.11 Å². The highest BCUT2D eigenvalue weighted by Crippen LogP contribution is 2.16. The molecule has 0 bridgehead atoms. The molecule has 1 heteroatoms. The van der Waals surface area contributed by atoms with Crippen molar-refractivity contribution in [2.45, 2.75) is 13.8 Å². The first kappa shape index (κ1) is 7.86. The normalized spacial score (nSPS) is 10.7. The molecule has 1 N–H and O–H groups in total. The van der Waals surface area contributed by atoms with E-state index in [1.165, 1.54) is 5.56 Å². The molecule has 1 rings (SSSR count). The van der Waals surface area contributed by atoms with Gasteiger partial charge in [-0.1, -0.05) is 18.2 Å². The van der Waals surface area contributed by atoms with Gasteiger partial charge in [0.25, 0.3) is 0 Å². The number of aromatic hydroxyl groups is 1. The van der Waals surface area contributed by atoms with Crippen molar-refractivity contribution >= 4 is 6.08 Å². The Morgan fingerprint density at radius 1 is 1.36 bits per heavy atom. The summed E-state index contributed by atoms with van der Waals surface area (Å²) in [6, 6.07) is 5.36. The first-order chi connectivity index (χ1) is 5.24. The predicted molar refractivity (Wildman–Crippen MR) is 47.6 cm³/mol. The van der Waals surface area contributed by atoms with Gasteiger partial charge >= 0.3 is 0 Å². The third kappa shape index (κ3) is 1.84. The molecule has 58 valence electrons. The summed E-state index contributed by atoms with van der Waals surface area (Å²) in [5.74, 6) is 0.323. The van der Waals surface area contributed by atoms with E-state index in [1.54, 1.807) is 12.1 Å². The van der Waals surface area contributed by atoms with Gasteiger partial charge in [0.05, 0.1) is 0 Å². The van der Waals surface area contributed by atoms with Crippen LogP contribution in [0.15, 0.2) is 24.3 Å². The van der Waals surface area contributed by atoms with Crippen molar-refractivity contribution in [1.29, 1.82) is 0 Å². The average Bonchev–Trinajstić information content (AvgIpc) is 1.98. The molecule has 0 fully saturated rings. The highest BCUT2D eigenvalue weighted by Gasteiger charge is 1.93. The van der Waals surface area contributed by atoms with E-state index in [0.717, 1.165) is 5.56 Å². The highest BCUT2D eigenvalue weighted by molar-refractivity contribution is 5.55. The fraction of sp³-hybridized carbons (Fsp3) is 0.200. The van der Waals surface area contributed by atoms with Gasteiger partial charge in [-0.2, -0.15) is 0 Å². The fourth-order valence-corrected chi connectivity index (χ4v) is 0.987. The minimum absolute atomic E-state index is 0.323. The number of hydrogen-bond donors (Lipinski definition) is 1. The Labute approximate surface area is 67.0 Å². The van der Waals surface area contributed by atoms with Crippen LogP contribution < -0.4 is 0 Å². The lowest BCUT2D eigenvalue weighted by Gasteiger charge is -1.99. The lowest BCUT2D eigenvalue weighted by Crippen LogP contribution is -1.78. The number of aryl methyl sites for hydroxylation is 1. The molecule has 0 radical (unpaired) electrons. The molecule has 1 nitrogen and oxygen atoms in total. The van der Waals surface area contributed by atoms with Crippen molar-refractivity contribution in [3.8, 4) is 5.75 Å². The molecule has 1 aromatic rings. The van der Waals surface area contributed by atoms with Crippen LogP contribution in [0, 0.1) is 6.92 Å². The van der Waals surface area contributed by atoms with Crippen molar-refractivity contribution in [3.63, 3.8) is 0 Å². The van der Waals surface area contributed by atoms with E-state index in [2.05, 4.69) is 0 Å². The summed E-state index contributed by atoms with van der Waals surface area (Å²) in [4.78, 5) is 0. The molecule has 0 aromatic heterocycles. The minimum atomic E-state index is 0.323. The second kappa shape index (κ2) is 3.24. The molecule has 0 aliphatic carbocycles. The molecular weight excluding hydrogens is 136 g/mol. The van der Waals surface area contributed by atoms with Crippen LogP contribution in [0.3, 0.4) is 0 Å². The van der Waals surface area contributed by atoms with Gasteiger partial charge in [-0.25, -0.2) is 0 Å². The van der Waals surface area contributed by atoms with E-state index in [1.807, 2.05) is 32.1 Å². The summed E-state index contributed by atoms with van der Waals surface area (Å²) in [7, 11) is 0. The van der Waals surface area contributed by atoms with Crippen molar-refractivity contribution in [1.82, 2.24) is 0 Å². The van der Waals surface area contributed by atoms with Gasteiger partial charge in [-0.15, -0.1) is 0 Å². The number of hydrogen-bond acceptors (Lipinski definition) is 1. The minimum Gasteiger partial charge on any atom is -0.508 e. The Hall–Kier alpha value is -1.24. The van der Waals surface area contributed by atoms with Crippen LogP contribution in [0.2, 0.25) is 0 Å².